The number of carbonyl (C=O) groups is 1. The van der Waals surface area contributed by atoms with Crippen LogP contribution in [0.5, 0.6) is 0 Å². The summed E-state index contributed by atoms with van der Waals surface area (Å²) in [5.74, 6) is 0.480. The molecule has 19 heavy (non-hydrogen) atoms. The minimum absolute atomic E-state index is 0.217. The highest BCUT2D eigenvalue weighted by Crippen LogP contribution is 2.05. The van der Waals surface area contributed by atoms with Crippen molar-refractivity contribution in [2.75, 3.05) is 0 Å². The zero-order valence-corrected chi connectivity index (χ0v) is 10.3. The summed E-state index contributed by atoms with van der Waals surface area (Å²) in [6, 6.07) is 12.2. The van der Waals surface area contributed by atoms with Crippen molar-refractivity contribution >= 4 is 12.1 Å². The number of aryl methyl sites for hydroxylation is 1. The molecule has 0 unspecified atom stereocenters. The summed E-state index contributed by atoms with van der Waals surface area (Å²) in [4.78, 5) is 11.6. The van der Waals surface area contributed by atoms with Gasteiger partial charge >= 0.3 is 5.91 Å². The summed E-state index contributed by atoms with van der Waals surface area (Å²) in [5, 5.41) is 12.5. The smallest absolute Gasteiger partial charge is 0.307 e. The predicted molar refractivity (Wildman–Crippen MR) is 69.7 cm³/mol. The molecule has 0 atom stereocenters. The lowest BCUT2D eigenvalue weighted by Gasteiger charge is -1.96. The molecular formula is C14H11N3O2. The Morgan fingerprint density at radius 1 is 1.32 bits per heavy atom. The molecule has 0 aliphatic rings. The molecule has 2 aromatic rings. The van der Waals surface area contributed by atoms with Gasteiger partial charge in [0.2, 0.25) is 0 Å². The molecule has 1 aromatic heterocycles. The van der Waals surface area contributed by atoms with Crippen LogP contribution in [0.4, 0.5) is 0 Å². The maximum absolute atomic E-state index is 11.6. The fourth-order valence-electron chi connectivity index (χ4n) is 1.42. The zero-order valence-electron chi connectivity index (χ0n) is 10.3. The van der Waals surface area contributed by atoms with E-state index >= 15 is 0 Å². The number of furan rings is 1. The van der Waals surface area contributed by atoms with Gasteiger partial charge in [0.1, 0.15) is 5.76 Å². The van der Waals surface area contributed by atoms with E-state index in [1.54, 1.807) is 43.3 Å². The molecule has 0 spiro atoms. The molecule has 94 valence electrons. The van der Waals surface area contributed by atoms with E-state index in [2.05, 4.69) is 10.5 Å². The number of nitrogens with one attached hydrogen (secondary N) is 1. The third kappa shape index (κ3) is 3.30. The van der Waals surface area contributed by atoms with Crippen molar-refractivity contribution in [2.45, 2.75) is 6.92 Å². The van der Waals surface area contributed by atoms with Crippen LogP contribution in [0.2, 0.25) is 0 Å². The summed E-state index contributed by atoms with van der Waals surface area (Å²) < 4.78 is 5.16. The van der Waals surface area contributed by atoms with E-state index in [1.807, 2.05) is 6.07 Å². The SMILES string of the molecule is Cc1ccc(C(=O)NN=Cc2ccc(C#N)cc2)o1. The Balaban J connectivity index is 1.96. The average molecular weight is 253 g/mol. The summed E-state index contributed by atoms with van der Waals surface area (Å²) in [6.45, 7) is 1.76. The molecule has 0 fully saturated rings. The number of hydrazone groups is 1. The van der Waals surface area contributed by atoms with Crippen LogP contribution in [0, 0.1) is 18.3 Å². The first-order chi connectivity index (χ1) is 9.19. The lowest BCUT2D eigenvalue weighted by Crippen LogP contribution is -2.16. The van der Waals surface area contributed by atoms with Crippen molar-refractivity contribution in [3.63, 3.8) is 0 Å². The third-order valence-electron chi connectivity index (χ3n) is 2.38. The maximum Gasteiger partial charge on any atom is 0.307 e. The molecule has 0 saturated heterocycles. The summed E-state index contributed by atoms with van der Waals surface area (Å²) in [6.07, 6.45) is 1.49. The average Bonchev–Trinajstić information content (AvgIpc) is 2.86. The molecule has 2 rings (SSSR count). The first-order valence-electron chi connectivity index (χ1n) is 5.59. The lowest BCUT2D eigenvalue weighted by molar-refractivity contribution is 0.0926. The van der Waals surface area contributed by atoms with Gasteiger partial charge in [0.25, 0.3) is 0 Å². The minimum Gasteiger partial charge on any atom is -0.456 e. The Labute approximate surface area is 110 Å². The first kappa shape index (κ1) is 12.6. The fourth-order valence-corrected chi connectivity index (χ4v) is 1.42. The summed E-state index contributed by atoms with van der Waals surface area (Å²) in [5.41, 5.74) is 3.72. The molecule has 0 radical (unpaired) electrons. The molecule has 1 amide bonds. The third-order valence-corrected chi connectivity index (χ3v) is 2.38. The van der Waals surface area contributed by atoms with Crippen LogP contribution in [-0.4, -0.2) is 12.1 Å². The van der Waals surface area contributed by atoms with E-state index in [1.165, 1.54) is 6.21 Å². The molecule has 0 aliphatic carbocycles. The van der Waals surface area contributed by atoms with Gasteiger partial charge in [-0.3, -0.25) is 4.79 Å². The van der Waals surface area contributed by atoms with Crippen molar-refractivity contribution < 1.29 is 9.21 Å². The van der Waals surface area contributed by atoms with Crippen LogP contribution in [0.1, 0.15) is 27.4 Å². The molecule has 1 aromatic carbocycles. The van der Waals surface area contributed by atoms with Crippen molar-refractivity contribution in [2.24, 2.45) is 5.10 Å². The quantitative estimate of drug-likeness (QED) is 0.673. The van der Waals surface area contributed by atoms with E-state index in [-0.39, 0.29) is 5.76 Å². The first-order valence-corrected chi connectivity index (χ1v) is 5.59. The van der Waals surface area contributed by atoms with Crippen molar-refractivity contribution in [3.05, 3.63) is 59.0 Å². The largest absolute Gasteiger partial charge is 0.456 e. The van der Waals surface area contributed by atoms with E-state index in [4.69, 9.17) is 9.68 Å². The highest BCUT2D eigenvalue weighted by molar-refractivity contribution is 5.92. The topological polar surface area (TPSA) is 78.4 Å². The number of hydrogen-bond acceptors (Lipinski definition) is 4. The molecule has 0 aliphatic heterocycles. The molecule has 0 saturated carbocycles. The van der Waals surface area contributed by atoms with Crippen molar-refractivity contribution in [1.82, 2.24) is 5.43 Å². The standard InChI is InChI=1S/C14H11N3O2/c1-10-2-7-13(19-10)14(18)17-16-9-12-5-3-11(8-15)4-6-12/h2-7,9H,1H3,(H,17,18). The molecule has 5 nitrogen and oxygen atoms in total. The van der Waals surface area contributed by atoms with Crippen LogP contribution >= 0.6 is 0 Å². The number of amides is 1. The van der Waals surface area contributed by atoms with Gasteiger partial charge < -0.3 is 4.42 Å². The fraction of sp³-hybridized carbons (Fsp3) is 0.0714. The summed E-state index contributed by atoms with van der Waals surface area (Å²) >= 11 is 0. The Morgan fingerprint density at radius 2 is 2.05 bits per heavy atom. The monoisotopic (exact) mass is 253 g/mol. The van der Waals surface area contributed by atoms with Gasteiger partial charge in [-0.15, -0.1) is 0 Å². The second-order valence-corrected chi connectivity index (χ2v) is 3.84. The molecule has 0 bridgehead atoms. The molecule has 1 N–H and O–H groups in total. The normalized spacial score (nSPS) is 10.3. The van der Waals surface area contributed by atoms with Gasteiger partial charge in [-0.2, -0.15) is 10.4 Å². The van der Waals surface area contributed by atoms with Crippen LogP contribution < -0.4 is 5.43 Å². The second kappa shape index (κ2) is 5.65. The van der Waals surface area contributed by atoms with Crippen LogP contribution in [0.25, 0.3) is 0 Å². The van der Waals surface area contributed by atoms with E-state index in [0.29, 0.717) is 11.3 Å². The predicted octanol–water partition coefficient (Wildman–Crippen LogP) is 2.22. The Morgan fingerprint density at radius 3 is 2.63 bits per heavy atom. The van der Waals surface area contributed by atoms with Gasteiger partial charge in [-0.05, 0) is 36.8 Å². The number of rotatable bonds is 3. The number of nitriles is 1. The van der Waals surface area contributed by atoms with Gasteiger partial charge in [-0.25, -0.2) is 5.43 Å². The van der Waals surface area contributed by atoms with Crippen molar-refractivity contribution in [3.8, 4) is 6.07 Å². The number of benzene rings is 1. The van der Waals surface area contributed by atoms with Gasteiger partial charge in [0, 0.05) is 0 Å². The molecule has 1 heterocycles. The van der Waals surface area contributed by atoms with E-state index in [0.717, 1.165) is 5.56 Å². The Bertz CT molecular complexity index is 648. The van der Waals surface area contributed by atoms with Crippen LogP contribution in [0.3, 0.4) is 0 Å². The molecular weight excluding hydrogens is 242 g/mol. The van der Waals surface area contributed by atoms with Crippen LogP contribution in [-0.2, 0) is 0 Å². The van der Waals surface area contributed by atoms with E-state index < -0.39 is 5.91 Å². The highest BCUT2D eigenvalue weighted by atomic mass is 16.3. The number of carbonyl (C=O) groups excluding carboxylic acids is 1. The van der Waals surface area contributed by atoms with Crippen LogP contribution in [0.15, 0.2) is 45.9 Å². The number of hydrogen-bond donors (Lipinski definition) is 1. The minimum atomic E-state index is -0.405. The highest BCUT2D eigenvalue weighted by Gasteiger charge is 2.07. The lowest BCUT2D eigenvalue weighted by atomic mass is 10.2. The van der Waals surface area contributed by atoms with Gasteiger partial charge in [0.05, 0.1) is 17.8 Å². The summed E-state index contributed by atoms with van der Waals surface area (Å²) in [7, 11) is 0. The maximum atomic E-state index is 11.6. The number of nitrogens with zero attached hydrogens (tertiary/aromatic N) is 2. The Kier molecular flexibility index (Phi) is 3.74. The Hall–Kier alpha value is -2.87. The van der Waals surface area contributed by atoms with E-state index in [9.17, 15) is 4.79 Å². The van der Waals surface area contributed by atoms with Crippen molar-refractivity contribution in [1.29, 1.82) is 5.26 Å². The van der Waals surface area contributed by atoms with Gasteiger partial charge in [0.15, 0.2) is 5.76 Å². The van der Waals surface area contributed by atoms with Gasteiger partial charge in [-0.1, -0.05) is 12.1 Å². The molecule has 5 heteroatoms. The zero-order chi connectivity index (χ0) is 13.7. The second-order valence-electron chi connectivity index (χ2n) is 3.84.